The maximum Gasteiger partial charge on any atom is 0.325 e. The Morgan fingerprint density at radius 2 is 2.00 bits per heavy atom. The van der Waals surface area contributed by atoms with Crippen molar-refractivity contribution in [3.05, 3.63) is 35.3 Å². The average molecular weight is 274 g/mol. The van der Waals surface area contributed by atoms with Gasteiger partial charge in [0.25, 0.3) is 0 Å². The number of thiazole rings is 1. The number of nitrogens with one attached hydrogen (secondary N) is 2. The minimum atomic E-state index is -0.290. The molecule has 98 valence electrons. The predicted molar refractivity (Wildman–Crippen MR) is 77.6 cm³/mol. The second-order valence-corrected chi connectivity index (χ2v) is 5.61. The van der Waals surface area contributed by atoms with Crippen molar-refractivity contribution in [2.75, 3.05) is 16.4 Å². The third kappa shape index (κ3) is 3.03. The minimum Gasteiger partial charge on any atom is -0.399 e. The van der Waals surface area contributed by atoms with E-state index in [1.165, 1.54) is 17.7 Å². The summed E-state index contributed by atoms with van der Waals surface area (Å²) < 4.78 is 0. The molecule has 1 aliphatic rings. The Hall–Kier alpha value is -2.08. The first-order valence-electron chi connectivity index (χ1n) is 6.10. The Labute approximate surface area is 114 Å². The van der Waals surface area contributed by atoms with Gasteiger partial charge >= 0.3 is 6.03 Å². The van der Waals surface area contributed by atoms with Crippen LogP contribution in [0.2, 0.25) is 0 Å². The molecule has 1 aliphatic carbocycles. The maximum atomic E-state index is 11.8. The maximum absolute atomic E-state index is 11.8. The van der Waals surface area contributed by atoms with Crippen molar-refractivity contribution < 1.29 is 4.79 Å². The van der Waals surface area contributed by atoms with E-state index >= 15 is 0 Å². The summed E-state index contributed by atoms with van der Waals surface area (Å²) in [6.07, 6.45) is 4.32. The number of hydrogen-bond donors (Lipinski definition) is 3. The highest BCUT2D eigenvalue weighted by Gasteiger charge is 2.25. The molecule has 5 nitrogen and oxygen atoms in total. The van der Waals surface area contributed by atoms with Crippen molar-refractivity contribution >= 4 is 33.9 Å². The Bertz CT molecular complexity index is 589. The number of aromatic nitrogens is 1. The van der Waals surface area contributed by atoms with Crippen LogP contribution in [0.4, 0.5) is 21.3 Å². The van der Waals surface area contributed by atoms with E-state index in [1.54, 1.807) is 35.6 Å². The van der Waals surface area contributed by atoms with E-state index in [-0.39, 0.29) is 6.03 Å². The Balaban J connectivity index is 1.59. The van der Waals surface area contributed by atoms with Gasteiger partial charge in [-0.15, -0.1) is 11.3 Å². The van der Waals surface area contributed by atoms with Gasteiger partial charge in [0.1, 0.15) is 0 Å². The molecule has 1 saturated carbocycles. The number of nitrogens with zero attached hydrogens (tertiary/aromatic N) is 1. The van der Waals surface area contributed by atoms with Crippen molar-refractivity contribution in [2.24, 2.45) is 0 Å². The first-order chi connectivity index (χ1) is 9.20. The van der Waals surface area contributed by atoms with Crippen molar-refractivity contribution in [2.45, 2.75) is 18.8 Å². The SMILES string of the molecule is Nc1ccc(NC(=O)Nc2ncc(C3CC3)s2)cc1. The van der Waals surface area contributed by atoms with Gasteiger partial charge in [-0.3, -0.25) is 5.32 Å². The number of urea groups is 1. The highest BCUT2D eigenvalue weighted by atomic mass is 32.1. The van der Waals surface area contributed by atoms with Crippen LogP contribution in [-0.4, -0.2) is 11.0 Å². The lowest BCUT2D eigenvalue weighted by atomic mass is 10.3. The lowest BCUT2D eigenvalue weighted by Gasteiger charge is -2.05. The molecular formula is C13H14N4OS. The van der Waals surface area contributed by atoms with Crippen LogP contribution in [0.25, 0.3) is 0 Å². The highest BCUT2D eigenvalue weighted by Crippen LogP contribution is 2.43. The highest BCUT2D eigenvalue weighted by molar-refractivity contribution is 7.15. The van der Waals surface area contributed by atoms with Crippen molar-refractivity contribution in [1.82, 2.24) is 4.98 Å². The van der Waals surface area contributed by atoms with E-state index in [0.717, 1.165) is 0 Å². The zero-order chi connectivity index (χ0) is 13.2. The molecule has 3 rings (SSSR count). The molecule has 1 heterocycles. The fraction of sp³-hybridized carbons (Fsp3) is 0.231. The molecule has 0 saturated heterocycles. The second kappa shape index (κ2) is 4.89. The summed E-state index contributed by atoms with van der Waals surface area (Å²) in [5.41, 5.74) is 6.95. The van der Waals surface area contributed by atoms with E-state index < -0.39 is 0 Å². The van der Waals surface area contributed by atoms with Crippen molar-refractivity contribution in [1.29, 1.82) is 0 Å². The number of rotatable bonds is 3. The van der Waals surface area contributed by atoms with Gasteiger partial charge in [-0.2, -0.15) is 0 Å². The summed E-state index contributed by atoms with van der Waals surface area (Å²) in [4.78, 5) is 17.2. The van der Waals surface area contributed by atoms with Crippen LogP contribution in [0.15, 0.2) is 30.5 Å². The predicted octanol–water partition coefficient (Wildman–Crippen LogP) is 3.25. The molecule has 0 spiro atoms. The van der Waals surface area contributed by atoms with Crippen LogP contribution in [0.5, 0.6) is 0 Å². The summed E-state index contributed by atoms with van der Waals surface area (Å²) in [5, 5.41) is 6.10. The molecule has 0 radical (unpaired) electrons. The largest absolute Gasteiger partial charge is 0.399 e. The third-order valence-electron chi connectivity index (χ3n) is 2.89. The van der Waals surface area contributed by atoms with Gasteiger partial charge in [0.15, 0.2) is 5.13 Å². The molecule has 0 aliphatic heterocycles. The molecule has 0 atom stereocenters. The lowest BCUT2D eigenvalue weighted by Crippen LogP contribution is -2.19. The fourth-order valence-electron chi connectivity index (χ4n) is 1.73. The van der Waals surface area contributed by atoms with Crippen molar-refractivity contribution in [3.8, 4) is 0 Å². The van der Waals surface area contributed by atoms with Gasteiger partial charge in [0, 0.05) is 22.4 Å². The zero-order valence-corrected chi connectivity index (χ0v) is 11.0. The van der Waals surface area contributed by atoms with Gasteiger partial charge in [0.2, 0.25) is 0 Å². The quantitative estimate of drug-likeness (QED) is 0.752. The fourth-order valence-corrected chi connectivity index (χ4v) is 2.71. The Morgan fingerprint density at radius 3 is 2.68 bits per heavy atom. The van der Waals surface area contributed by atoms with Gasteiger partial charge in [-0.05, 0) is 43.0 Å². The smallest absolute Gasteiger partial charge is 0.325 e. The number of nitrogens with two attached hydrogens (primary N) is 1. The number of amides is 2. The molecule has 1 aromatic heterocycles. The third-order valence-corrected chi connectivity index (χ3v) is 3.97. The normalized spacial score (nSPS) is 14.1. The van der Waals surface area contributed by atoms with Crippen LogP contribution in [0.1, 0.15) is 23.6 Å². The topological polar surface area (TPSA) is 80.0 Å². The first-order valence-corrected chi connectivity index (χ1v) is 6.91. The number of anilines is 3. The number of nitrogen functional groups attached to an aromatic ring is 1. The van der Waals surface area contributed by atoms with E-state index in [9.17, 15) is 4.79 Å². The molecule has 1 aromatic carbocycles. The molecule has 4 N–H and O–H groups in total. The monoisotopic (exact) mass is 274 g/mol. The summed E-state index contributed by atoms with van der Waals surface area (Å²) >= 11 is 1.54. The number of hydrogen-bond acceptors (Lipinski definition) is 4. The van der Waals surface area contributed by atoms with Crippen LogP contribution < -0.4 is 16.4 Å². The molecule has 0 bridgehead atoms. The Kier molecular flexibility index (Phi) is 3.08. The standard InChI is InChI=1S/C13H14N4OS/c14-9-3-5-10(6-4-9)16-12(18)17-13-15-7-11(19-13)8-1-2-8/h3-8H,1-2,14H2,(H2,15,16,17,18). The number of benzene rings is 1. The number of carbonyl (C=O) groups is 1. The van der Waals surface area contributed by atoms with Crippen LogP contribution in [-0.2, 0) is 0 Å². The molecule has 1 fully saturated rings. The van der Waals surface area contributed by atoms with Crippen LogP contribution >= 0.6 is 11.3 Å². The van der Waals surface area contributed by atoms with Crippen LogP contribution in [0, 0.1) is 0 Å². The zero-order valence-electron chi connectivity index (χ0n) is 10.2. The first kappa shape index (κ1) is 12.0. The molecular weight excluding hydrogens is 260 g/mol. The van der Waals surface area contributed by atoms with E-state index in [2.05, 4.69) is 15.6 Å². The lowest BCUT2D eigenvalue weighted by molar-refractivity contribution is 0.262. The minimum absolute atomic E-state index is 0.290. The van der Waals surface area contributed by atoms with E-state index in [1.807, 2.05) is 6.20 Å². The summed E-state index contributed by atoms with van der Waals surface area (Å²) in [5.74, 6) is 0.660. The average Bonchev–Trinajstić information content (AvgIpc) is 3.14. The van der Waals surface area contributed by atoms with Crippen LogP contribution in [0.3, 0.4) is 0 Å². The van der Waals surface area contributed by atoms with E-state index in [4.69, 9.17) is 5.73 Å². The molecule has 0 unspecified atom stereocenters. The summed E-state index contributed by atoms with van der Waals surface area (Å²) in [7, 11) is 0. The summed E-state index contributed by atoms with van der Waals surface area (Å²) in [6, 6.07) is 6.70. The van der Waals surface area contributed by atoms with Gasteiger partial charge < -0.3 is 11.1 Å². The van der Waals surface area contributed by atoms with Crippen molar-refractivity contribution in [3.63, 3.8) is 0 Å². The molecule has 2 aromatic rings. The summed E-state index contributed by atoms with van der Waals surface area (Å²) in [6.45, 7) is 0. The molecule has 2 amide bonds. The second-order valence-electron chi connectivity index (χ2n) is 4.54. The van der Waals surface area contributed by atoms with Gasteiger partial charge in [0.05, 0.1) is 0 Å². The molecule has 6 heteroatoms. The Morgan fingerprint density at radius 1 is 1.26 bits per heavy atom. The molecule has 19 heavy (non-hydrogen) atoms. The van der Waals surface area contributed by atoms with Gasteiger partial charge in [-0.1, -0.05) is 0 Å². The number of carbonyl (C=O) groups excluding carboxylic acids is 1. The van der Waals surface area contributed by atoms with Gasteiger partial charge in [-0.25, -0.2) is 9.78 Å². The van der Waals surface area contributed by atoms with E-state index in [0.29, 0.717) is 22.4 Å².